The molecule has 2 saturated heterocycles. The monoisotopic (exact) mass is 850 g/mol. The molecule has 4 aromatic rings. The number of amides is 3. The van der Waals surface area contributed by atoms with Crippen molar-refractivity contribution in [2.45, 2.75) is 71.1 Å². The minimum absolute atomic E-state index is 0.0160. The van der Waals surface area contributed by atoms with E-state index >= 15 is 0 Å². The summed E-state index contributed by atoms with van der Waals surface area (Å²) in [6, 6.07) is 18.5. The average molecular weight is 851 g/mol. The van der Waals surface area contributed by atoms with Gasteiger partial charge in [-0.05, 0) is 93.1 Å². The topological polar surface area (TPSA) is 241 Å². The Hall–Kier alpha value is -6.98. The molecule has 0 spiro atoms. The van der Waals surface area contributed by atoms with E-state index in [1.807, 2.05) is 30.9 Å². The van der Waals surface area contributed by atoms with E-state index in [1.54, 1.807) is 75.4 Å². The van der Waals surface area contributed by atoms with Crippen molar-refractivity contribution in [2.24, 2.45) is 11.7 Å². The molecule has 1 aromatic heterocycles. The molecule has 3 amide bonds. The van der Waals surface area contributed by atoms with E-state index in [1.165, 1.54) is 12.4 Å². The van der Waals surface area contributed by atoms with Crippen molar-refractivity contribution in [3.63, 3.8) is 0 Å². The Morgan fingerprint density at radius 2 is 1.47 bits per heavy atom. The van der Waals surface area contributed by atoms with Crippen LogP contribution in [0.25, 0.3) is 0 Å². The Balaban J connectivity index is 1.03. The number of carbonyl (C=O) groups is 4. The number of hydrogen-bond donors (Lipinski definition) is 5. The van der Waals surface area contributed by atoms with Crippen LogP contribution in [0, 0.1) is 11.3 Å². The number of nitrogens with zero attached hydrogens (tertiary/aromatic N) is 7. The second-order valence-electron chi connectivity index (χ2n) is 16.5. The first kappa shape index (κ1) is 44.6. The van der Waals surface area contributed by atoms with Crippen LogP contribution < -0.4 is 30.7 Å². The molecule has 2 fully saturated rings. The van der Waals surface area contributed by atoms with Gasteiger partial charge in [-0.3, -0.25) is 10.2 Å². The van der Waals surface area contributed by atoms with Crippen molar-refractivity contribution >= 4 is 53.2 Å². The van der Waals surface area contributed by atoms with Crippen LogP contribution in [0.2, 0.25) is 0 Å². The number of rotatable bonds is 12. The van der Waals surface area contributed by atoms with E-state index in [9.17, 15) is 29.4 Å². The highest BCUT2D eigenvalue weighted by Gasteiger charge is 2.38. The number of carbonyl (C=O) groups excluding carboxylic acids is 3. The first-order valence-corrected chi connectivity index (χ1v) is 20.5. The van der Waals surface area contributed by atoms with E-state index in [0.29, 0.717) is 86.4 Å². The molecular formula is C44H54N10O8. The van der Waals surface area contributed by atoms with Crippen molar-refractivity contribution < 1.29 is 38.9 Å². The molecule has 2 aliphatic rings. The summed E-state index contributed by atoms with van der Waals surface area (Å²) in [5.41, 5.74) is 7.84. The van der Waals surface area contributed by atoms with Crippen molar-refractivity contribution in [2.75, 3.05) is 58.9 Å². The number of urea groups is 1. The molecule has 0 radical (unpaired) electrons. The Bertz CT molecular complexity index is 2240. The molecule has 6 N–H and O–H groups in total. The lowest BCUT2D eigenvalue weighted by molar-refractivity contribution is -0.169. The number of alkyl carbamates (subject to hydrolysis) is 1. The highest BCUT2D eigenvalue weighted by atomic mass is 16.6. The Labute approximate surface area is 360 Å². The Morgan fingerprint density at radius 3 is 2.03 bits per heavy atom. The zero-order valence-corrected chi connectivity index (χ0v) is 35.5. The van der Waals surface area contributed by atoms with Crippen molar-refractivity contribution in [1.29, 1.82) is 5.41 Å². The molecule has 2 atom stereocenters. The maximum Gasteiger partial charge on any atom is 0.408 e. The van der Waals surface area contributed by atoms with Gasteiger partial charge in [0.25, 0.3) is 0 Å². The number of piperidine rings is 1. The molecule has 6 rings (SSSR count). The second kappa shape index (κ2) is 19.2. The van der Waals surface area contributed by atoms with E-state index in [2.05, 4.69) is 25.1 Å². The van der Waals surface area contributed by atoms with Crippen LogP contribution in [0.15, 0.2) is 79.1 Å². The summed E-state index contributed by atoms with van der Waals surface area (Å²) >= 11 is 0. The predicted octanol–water partition coefficient (Wildman–Crippen LogP) is 5.42. The SMILES string of the molecule is CC(C)c1cc(C(=N)N(C(N)=O)c2ccc(N3CCN(c4ncnc(N5CCC(C(=O)OC(C(=O)O)C(NC(=O)OC(C)(C)C)c6ccccc6)CC5)n4)CC3)cc2)ccc1O. The zero-order chi connectivity index (χ0) is 44.7. The van der Waals surface area contributed by atoms with Gasteiger partial charge in [-0.2, -0.15) is 4.98 Å². The van der Waals surface area contributed by atoms with Gasteiger partial charge in [0.15, 0.2) is 0 Å². The fourth-order valence-electron chi connectivity index (χ4n) is 7.45. The number of carboxylic acids is 1. The van der Waals surface area contributed by atoms with Crippen LogP contribution in [-0.2, 0) is 19.1 Å². The van der Waals surface area contributed by atoms with Crippen LogP contribution in [0.4, 0.5) is 32.9 Å². The number of carboxylic acid groups (broad SMARTS) is 1. The molecule has 0 bridgehead atoms. The highest BCUT2D eigenvalue weighted by Crippen LogP contribution is 2.30. The fraction of sp³-hybridized carbons (Fsp3) is 0.409. The first-order chi connectivity index (χ1) is 29.5. The minimum atomic E-state index is -1.70. The molecule has 0 aliphatic carbocycles. The van der Waals surface area contributed by atoms with Gasteiger partial charge in [0.05, 0.1) is 11.6 Å². The molecule has 62 heavy (non-hydrogen) atoms. The molecule has 3 heterocycles. The van der Waals surface area contributed by atoms with Gasteiger partial charge in [-0.25, -0.2) is 29.3 Å². The maximum atomic E-state index is 13.5. The fourth-order valence-corrected chi connectivity index (χ4v) is 7.45. The normalized spacial score (nSPS) is 15.7. The number of aromatic hydroxyl groups is 1. The van der Waals surface area contributed by atoms with Crippen LogP contribution in [0.3, 0.4) is 0 Å². The third kappa shape index (κ3) is 10.8. The number of nitrogens with two attached hydrogens (primary N) is 1. The van der Waals surface area contributed by atoms with Crippen molar-refractivity contribution in [3.8, 4) is 5.75 Å². The van der Waals surface area contributed by atoms with Gasteiger partial charge >= 0.3 is 24.1 Å². The number of nitrogens with one attached hydrogen (secondary N) is 2. The number of aliphatic carboxylic acids is 1. The largest absolute Gasteiger partial charge is 0.508 e. The van der Waals surface area contributed by atoms with E-state index < -0.39 is 47.7 Å². The summed E-state index contributed by atoms with van der Waals surface area (Å²) in [7, 11) is 0. The second-order valence-corrected chi connectivity index (χ2v) is 16.5. The number of esters is 1. The number of hydrogen-bond acceptors (Lipinski definition) is 14. The van der Waals surface area contributed by atoms with Gasteiger partial charge in [0.2, 0.25) is 18.0 Å². The summed E-state index contributed by atoms with van der Waals surface area (Å²) in [5, 5.41) is 31.8. The summed E-state index contributed by atoms with van der Waals surface area (Å²) in [4.78, 5) is 72.2. The number of piperazine rings is 1. The number of phenols is 1. The summed E-state index contributed by atoms with van der Waals surface area (Å²) in [5.74, 6) is -1.64. The number of benzene rings is 3. The third-order valence-corrected chi connectivity index (χ3v) is 10.7. The average Bonchev–Trinajstić information content (AvgIpc) is 3.24. The van der Waals surface area contributed by atoms with Crippen LogP contribution in [-0.4, -0.2) is 106 Å². The molecule has 18 nitrogen and oxygen atoms in total. The maximum absolute atomic E-state index is 13.5. The summed E-state index contributed by atoms with van der Waals surface area (Å²) in [6.07, 6.45) is -0.342. The smallest absolute Gasteiger partial charge is 0.408 e. The predicted molar refractivity (Wildman–Crippen MR) is 233 cm³/mol. The van der Waals surface area contributed by atoms with E-state index in [4.69, 9.17) is 25.6 Å². The number of phenolic OH excluding ortho intramolecular Hbond substituents is 1. The van der Waals surface area contributed by atoms with Crippen LogP contribution >= 0.6 is 0 Å². The van der Waals surface area contributed by atoms with E-state index in [0.717, 1.165) is 10.6 Å². The minimum Gasteiger partial charge on any atom is -0.508 e. The summed E-state index contributed by atoms with van der Waals surface area (Å²) < 4.78 is 11.0. The molecule has 2 unspecified atom stereocenters. The Morgan fingerprint density at radius 1 is 0.871 bits per heavy atom. The number of amidine groups is 1. The first-order valence-electron chi connectivity index (χ1n) is 20.5. The number of aromatic nitrogens is 3. The standard InChI is InChI=1S/C44H54N10O8/c1-27(2)33-25-30(11-16-34(33)55)37(45)54(40(46)59)32-14-12-31(13-15-32)51-21-23-53(24-22-51)42-48-26-47-41(50-42)52-19-17-29(18-20-52)39(58)61-36(38(56)57)35(28-9-7-6-8-10-28)49-43(60)62-44(3,4)5/h6-16,25-27,29,35-36,45,55H,17-24H2,1-5H3,(H2,46,59)(H,49,60)(H,56,57). The molecule has 3 aromatic carbocycles. The van der Waals surface area contributed by atoms with Crippen LogP contribution in [0.5, 0.6) is 5.75 Å². The molecule has 0 saturated carbocycles. The summed E-state index contributed by atoms with van der Waals surface area (Å²) in [6.45, 7) is 12.3. The van der Waals surface area contributed by atoms with Gasteiger partial charge in [-0.15, -0.1) is 0 Å². The third-order valence-electron chi connectivity index (χ3n) is 10.7. The van der Waals surface area contributed by atoms with E-state index in [-0.39, 0.29) is 17.5 Å². The number of anilines is 4. The van der Waals surface area contributed by atoms with Crippen molar-refractivity contribution in [1.82, 2.24) is 20.3 Å². The lowest BCUT2D eigenvalue weighted by Crippen LogP contribution is -2.47. The lowest BCUT2D eigenvalue weighted by atomic mass is 9.96. The molecule has 328 valence electrons. The van der Waals surface area contributed by atoms with Gasteiger partial charge in [-0.1, -0.05) is 44.2 Å². The number of ether oxygens (including phenoxy) is 2. The number of primary amides is 1. The zero-order valence-electron chi connectivity index (χ0n) is 35.5. The Kier molecular flexibility index (Phi) is 13.8. The molecular weight excluding hydrogens is 797 g/mol. The molecule has 18 heteroatoms. The molecule has 2 aliphatic heterocycles. The van der Waals surface area contributed by atoms with Crippen LogP contribution in [0.1, 0.15) is 76.1 Å². The van der Waals surface area contributed by atoms with Gasteiger partial charge in [0.1, 0.15) is 29.6 Å². The van der Waals surface area contributed by atoms with Gasteiger partial charge in [0, 0.05) is 50.5 Å². The van der Waals surface area contributed by atoms with Crippen molar-refractivity contribution in [3.05, 3.63) is 95.8 Å². The van der Waals surface area contributed by atoms with Gasteiger partial charge < -0.3 is 45.4 Å². The quantitative estimate of drug-likeness (QED) is 0.0680. The highest BCUT2D eigenvalue weighted by molar-refractivity contribution is 6.21. The lowest BCUT2D eigenvalue weighted by Gasteiger charge is -2.36.